The van der Waals surface area contributed by atoms with Crippen LogP contribution in [0.3, 0.4) is 0 Å². The molecule has 1 unspecified atom stereocenters. The number of nitrogens with zero attached hydrogens (tertiary/aromatic N) is 1. The van der Waals surface area contributed by atoms with Crippen molar-refractivity contribution in [1.29, 1.82) is 0 Å². The number of rotatable bonds is 4. The van der Waals surface area contributed by atoms with Gasteiger partial charge in [0.05, 0.1) is 6.10 Å². The van der Waals surface area contributed by atoms with E-state index >= 15 is 0 Å². The third-order valence-electron chi connectivity index (χ3n) is 3.36. The van der Waals surface area contributed by atoms with E-state index in [0.717, 1.165) is 11.3 Å². The molecule has 0 bridgehead atoms. The molecule has 0 aliphatic rings. The summed E-state index contributed by atoms with van der Waals surface area (Å²) in [5, 5.41) is 9.78. The molecule has 0 fully saturated rings. The van der Waals surface area contributed by atoms with E-state index in [1.54, 1.807) is 13.0 Å². The van der Waals surface area contributed by atoms with Crippen molar-refractivity contribution in [3.63, 3.8) is 0 Å². The fraction of sp³-hybridized carbons (Fsp3) is 0.294. The summed E-state index contributed by atoms with van der Waals surface area (Å²) in [5.41, 5.74) is 3.43. The van der Waals surface area contributed by atoms with Gasteiger partial charge in [-0.2, -0.15) is 0 Å². The van der Waals surface area contributed by atoms with Gasteiger partial charge >= 0.3 is 0 Å². The van der Waals surface area contributed by atoms with Crippen molar-refractivity contribution in [2.24, 2.45) is 0 Å². The summed E-state index contributed by atoms with van der Waals surface area (Å²) in [6.07, 6.45) is -0.828. The van der Waals surface area contributed by atoms with Crippen LogP contribution in [0.1, 0.15) is 29.7 Å². The molecule has 2 aromatic carbocycles. The van der Waals surface area contributed by atoms with Crippen molar-refractivity contribution in [2.45, 2.75) is 26.5 Å². The molecular weight excluding hydrogens is 253 g/mol. The minimum absolute atomic E-state index is 0.350. The van der Waals surface area contributed by atoms with Crippen LogP contribution in [0.25, 0.3) is 0 Å². The van der Waals surface area contributed by atoms with E-state index in [0.29, 0.717) is 12.1 Å². The zero-order valence-electron chi connectivity index (χ0n) is 12.1. The number of anilines is 1. The summed E-state index contributed by atoms with van der Waals surface area (Å²) >= 11 is 0. The van der Waals surface area contributed by atoms with Crippen LogP contribution in [-0.2, 0) is 6.54 Å². The lowest BCUT2D eigenvalue weighted by Gasteiger charge is -2.24. The summed E-state index contributed by atoms with van der Waals surface area (Å²) in [7, 11) is 1.91. The van der Waals surface area contributed by atoms with Crippen molar-refractivity contribution >= 4 is 5.69 Å². The fourth-order valence-corrected chi connectivity index (χ4v) is 2.44. The van der Waals surface area contributed by atoms with E-state index < -0.39 is 6.10 Å². The van der Waals surface area contributed by atoms with Gasteiger partial charge in [0.15, 0.2) is 0 Å². The smallest absolute Gasteiger partial charge is 0.131 e. The van der Waals surface area contributed by atoms with Crippen LogP contribution in [0.2, 0.25) is 0 Å². The Bertz CT molecular complexity index is 595. The maximum Gasteiger partial charge on any atom is 0.131 e. The van der Waals surface area contributed by atoms with Gasteiger partial charge in [-0.15, -0.1) is 0 Å². The maximum atomic E-state index is 13.9. The summed E-state index contributed by atoms with van der Waals surface area (Å²) in [4.78, 5) is 1.96. The van der Waals surface area contributed by atoms with Crippen molar-refractivity contribution < 1.29 is 9.50 Å². The highest BCUT2D eigenvalue weighted by atomic mass is 19.1. The zero-order valence-corrected chi connectivity index (χ0v) is 12.1. The number of hydrogen-bond donors (Lipinski definition) is 1. The van der Waals surface area contributed by atoms with Crippen LogP contribution in [0.5, 0.6) is 0 Å². The summed E-state index contributed by atoms with van der Waals surface area (Å²) in [6, 6.07) is 13.1. The van der Waals surface area contributed by atoms with Crippen LogP contribution >= 0.6 is 0 Å². The first-order chi connectivity index (χ1) is 9.49. The van der Waals surface area contributed by atoms with Crippen molar-refractivity contribution in [2.75, 3.05) is 11.9 Å². The van der Waals surface area contributed by atoms with Gasteiger partial charge in [0.25, 0.3) is 0 Å². The topological polar surface area (TPSA) is 23.5 Å². The second-order valence-corrected chi connectivity index (χ2v) is 5.19. The quantitative estimate of drug-likeness (QED) is 0.915. The fourth-order valence-electron chi connectivity index (χ4n) is 2.44. The highest BCUT2D eigenvalue weighted by Gasteiger charge is 2.16. The first kappa shape index (κ1) is 14.5. The Morgan fingerprint density at radius 2 is 1.90 bits per heavy atom. The highest BCUT2D eigenvalue weighted by Crippen LogP contribution is 2.29. The number of aliphatic hydroxyl groups is 1. The minimum Gasteiger partial charge on any atom is -0.389 e. The third-order valence-corrected chi connectivity index (χ3v) is 3.36. The first-order valence-electron chi connectivity index (χ1n) is 6.72. The molecule has 0 aromatic heterocycles. The van der Waals surface area contributed by atoms with E-state index in [-0.39, 0.29) is 5.82 Å². The van der Waals surface area contributed by atoms with E-state index in [4.69, 9.17) is 0 Å². The van der Waals surface area contributed by atoms with Crippen molar-refractivity contribution in [3.05, 3.63) is 65.0 Å². The second-order valence-electron chi connectivity index (χ2n) is 5.19. The average molecular weight is 273 g/mol. The number of hydrogen-bond acceptors (Lipinski definition) is 2. The summed E-state index contributed by atoms with van der Waals surface area (Å²) < 4.78 is 13.9. The van der Waals surface area contributed by atoms with Gasteiger partial charge in [-0.3, -0.25) is 0 Å². The molecule has 0 saturated carbocycles. The van der Waals surface area contributed by atoms with Gasteiger partial charge in [0, 0.05) is 24.8 Å². The lowest BCUT2D eigenvalue weighted by molar-refractivity contribution is 0.194. The predicted molar refractivity (Wildman–Crippen MR) is 80.3 cm³/mol. The van der Waals surface area contributed by atoms with Crippen LogP contribution in [0.4, 0.5) is 10.1 Å². The number of aliphatic hydroxyl groups excluding tert-OH is 1. The molecular formula is C17H20FNO. The number of halogens is 1. The molecule has 0 spiro atoms. The van der Waals surface area contributed by atoms with Gasteiger partial charge in [-0.25, -0.2) is 4.39 Å². The molecule has 2 aromatic rings. The highest BCUT2D eigenvalue weighted by molar-refractivity contribution is 5.55. The molecule has 0 heterocycles. The molecule has 0 amide bonds. The Labute approximate surface area is 119 Å². The minimum atomic E-state index is -0.828. The molecule has 3 heteroatoms. The molecule has 1 atom stereocenters. The number of benzene rings is 2. The molecule has 106 valence electrons. The monoisotopic (exact) mass is 273 g/mol. The maximum absolute atomic E-state index is 13.9. The Kier molecular flexibility index (Phi) is 4.40. The average Bonchev–Trinajstić information content (AvgIpc) is 2.37. The normalized spacial score (nSPS) is 12.2. The molecule has 2 nitrogen and oxygen atoms in total. The lowest BCUT2D eigenvalue weighted by atomic mass is 10.1. The summed E-state index contributed by atoms with van der Waals surface area (Å²) in [5.74, 6) is -0.367. The van der Waals surface area contributed by atoms with Gasteiger partial charge < -0.3 is 10.0 Å². The first-order valence-corrected chi connectivity index (χ1v) is 6.72. The van der Waals surface area contributed by atoms with E-state index in [1.165, 1.54) is 11.6 Å². The van der Waals surface area contributed by atoms with Crippen molar-refractivity contribution in [3.8, 4) is 0 Å². The summed E-state index contributed by atoms with van der Waals surface area (Å²) in [6.45, 7) is 4.31. The van der Waals surface area contributed by atoms with Crippen LogP contribution in [-0.4, -0.2) is 12.2 Å². The molecule has 0 radical (unpaired) electrons. The Balaban J connectivity index is 2.30. The molecule has 1 N–H and O–H groups in total. The van der Waals surface area contributed by atoms with Crippen LogP contribution in [0.15, 0.2) is 42.5 Å². The molecule has 0 aliphatic carbocycles. The second kappa shape index (κ2) is 6.06. The van der Waals surface area contributed by atoms with Crippen LogP contribution < -0.4 is 4.90 Å². The van der Waals surface area contributed by atoms with Crippen molar-refractivity contribution in [1.82, 2.24) is 0 Å². The van der Waals surface area contributed by atoms with Gasteiger partial charge in [-0.1, -0.05) is 35.9 Å². The SMILES string of the molecule is Cc1cccc(CN(C)c2cccc(F)c2C(C)O)c1. The number of aryl methyl sites for hydroxylation is 1. The van der Waals surface area contributed by atoms with E-state index in [2.05, 4.69) is 6.07 Å². The van der Waals surface area contributed by atoms with Gasteiger partial charge in [0.2, 0.25) is 0 Å². The Morgan fingerprint density at radius 3 is 2.55 bits per heavy atom. The Morgan fingerprint density at radius 1 is 1.20 bits per heavy atom. The van der Waals surface area contributed by atoms with Gasteiger partial charge in [-0.05, 0) is 31.5 Å². The third kappa shape index (κ3) is 3.17. The lowest BCUT2D eigenvalue weighted by Crippen LogP contribution is -2.19. The standard InChI is InChI=1S/C17H20FNO/c1-12-6-4-7-14(10-12)11-19(3)16-9-5-8-15(18)17(16)13(2)20/h4-10,13,20H,11H2,1-3H3. The van der Waals surface area contributed by atoms with Crippen LogP contribution in [0, 0.1) is 12.7 Å². The predicted octanol–water partition coefficient (Wildman–Crippen LogP) is 3.82. The zero-order chi connectivity index (χ0) is 14.7. The molecule has 0 saturated heterocycles. The largest absolute Gasteiger partial charge is 0.389 e. The molecule has 0 aliphatic heterocycles. The Hall–Kier alpha value is -1.87. The van der Waals surface area contributed by atoms with E-state index in [9.17, 15) is 9.50 Å². The molecule has 2 rings (SSSR count). The van der Waals surface area contributed by atoms with Gasteiger partial charge in [0.1, 0.15) is 5.82 Å². The molecule has 20 heavy (non-hydrogen) atoms. The van der Waals surface area contributed by atoms with E-state index in [1.807, 2.05) is 43.1 Å².